The van der Waals surface area contributed by atoms with E-state index in [1.807, 2.05) is 11.4 Å². The van der Waals surface area contributed by atoms with Crippen molar-refractivity contribution in [2.24, 2.45) is 0 Å². The lowest BCUT2D eigenvalue weighted by Crippen LogP contribution is -2.32. The maximum atomic E-state index is 5.81. The van der Waals surface area contributed by atoms with Crippen molar-refractivity contribution in [3.63, 3.8) is 0 Å². The van der Waals surface area contributed by atoms with Gasteiger partial charge >= 0.3 is 0 Å². The SMILES string of the molecule is CCCC(COC)NCc1sccc1N. The molecule has 0 aromatic carbocycles. The summed E-state index contributed by atoms with van der Waals surface area (Å²) < 4.78 is 5.17. The van der Waals surface area contributed by atoms with Gasteiger partial charge in [0.2, 0.25) is 0 Å². The summed E-state index contributed by atoms with van der Waals surface area (Å²) in [4.78, 5) is 1.22. The van der Waals surface area contributed by atoms with Crippen LogP contribution in [0.4, 0.5) is 5.69 Å². The smallest absolute Gasteiger partial charge is 0.0615 e. The first-order chi connectivity index (χ1) is 7.27. The molecule has 0 spiro atoms. The number of ether oxygens (including phenoxy) is 1. The van der Waals surface area contributed by atoms with E-state index < -0.39 is 0 Å². The Kier molecular flexibility index (Phi) is 5.68. The second kappa shape index (κ2) is 6.82. The lowest BCUT2D eigenvalue weighted by molar-refractivity contribution is 0.161. The van der Waals surface area contributed by atoms with Gasteiger partial charge in [0.15, 0.2) is 0 Å². The molecule has 0 saturated carbocycles. The fourth-order valence-electron chi connectivity index (χ4n) is 1.53. The molecule has 0 fully saturated rings. The van der Waals surface area contributed by atoms with Gasteiger partial charge in [0.05, 0.1) is 6.61 Å². The maximum Gasteiger partial charge on any atom is 0.0615 e. The number of rotatable bonds is 7. The molecule has 0 aliphatic carbocycles. The van der Waals surface area contributed by atoms with Crippen LogP contribution in [0.5, 0.6) is 0 Å². The van der Waals surface area contributed by atoms with Gasteiger partial charge in [-0.1, -0.05) is 13.3 Å². The van der Waals surface area contributed by atoms with Gasteiger partial charge in [0, 0.05) is 30.3 Å². The predicted molar refractivity (Wildman–Crippen MR) is 66.1 cm³/mol. The van der Waals surface area contributed by atoms with Crippen LogP contribution in [0.3, 0.4) is 0 Å². The molecule has 1 atom stereocenters. The highest BCUT2D eigenvalue weighted by Gasteiger charge is 2.08. The third-order valence-corrected chi connectivity index (χ3v) is 3.27. The van der Waals surface area contributed by atoms with E-state index in [1.165, 1.54) is 11.3 Å². The Labute approximate surface area is 95.6 Å². The van der Waals surface area contributed by atoms with Gasteiger partial charge in [-0.2, -0.15) is 0 Å². The standard InChI is InChI=1S/C11H20N2OS/c1-3-4-9(8-14-2)13-7-11-10(12)5-6-15-11/h5-6,9,13H,3-4,7-8,12H2,1-2H3. The Hall–Kier alpha value is -0.580. The van der Waals surface area contributed by atoms with Gasteiger partial charge in [-0.3, -0.25) is 0 Å². The summed E-state index contributed by atoms with van der Waals surface area (Å²) >= 11 is 1.70. The normalized spacial score (nSPS) is 12.9. The number of nitrogen functional groups attached to an aromatic ring is 1. The van der Waals surface area contributed by atoms with Crippen LogP contribution < -0.4 is 11.1 Å². The third-order valence-electron chi connectivity index (χ3n) is 2.34. The summed E-state index contributed by atoms with van der Waals surface area (Å²) in [6, 6.07) is 2.38. The van der Waals surface area contributed by atoms with Crippen LogP contribution in [0.15, 0.2) is 11.4 Å². The van der Waals surface area contributed by atoms with Crippen LogP contribution in [0.2, 0.25) is 0 Å². The number of thiophene rings is 1. The highest BCUT2D eigenvalue weighted by Crippen LogP contribution is 2.18. The van der Waals surface area contributed by atoms with Crippen molar-refractivity contribution < 1.29 is 4.74 Å². The number of nitrogens with two attached hydrogens (primary N) is 1. The molecular formula is C11H20N2OS. The summed E-state index contributed by atoms with van der Waals surface area (Å²) in [5, 5.41) is 5.50. The predicted octanol–water partition coefficient (Wildman–Crippen LogP) is 2.23. The van der Waals surface area contributed by atoms with Crippen LogP contribution in [0.1, 0.15) is 24.6 Å². The summed E-state index contributed by atoms with van der Waals surface area (Å²) in [6.07, 6.45) is 2.31. The first-order valence-electron chi connectivity index (χ1n) is 5.32. The average molecular weight is 228 g/mol. The molecule has 3 N–H and O–H groups in total. The number of methoxy groups -OCH3 is 1. The Morgan fingerprint density at radius 3 is 2.93 bits per heavy atom. The topological polar surface area (TPSA) is 47.3 Å². The van der Waals surface area contributed by atoms with Crippen molar-refractivity contribution >= 4 is 17.0 Å². The van der Waals surface area contributed by atoms with Gasteiger partial charge < -0.3 is 15.8 Å². The maximum absolute atomic E-state index is 5.81. The van der Waals surface area contributed by atoms with Crippen molar-refractivity contribution in [1.29, 1.82) is 0 Å². The minimum atomic E-state index is 0.432. The monoisotopic (exact) mass is 228 g/mol. The van der Waals surface area contributed by atoms with Crippen molar-refractivity contribution in [3.8, 4) is 0 Å². The highest BCUT2D eigenvalue weighted by atomic mass is 32.1. The summed E-state index contributed by atoms with van der Waals surface area (Å²) in [5.41, 5.74) is 6.70. The minimum absolute atomic E-state index is 0.432. The molecule has 1 rings (SSSR count). The Morgan fingerprint density at radius 1 is 1.60 bits per heavy atom. The Morgan fingerprint density at radius 2 is 2.40 bits per heavy atom. The van der Waals surface area contributed by atoms with Crippen LogP contribution in [0.25, 0.3) is 0 Å². The molecule has 0 aliphatic rings. The zero-order valence-corrected chi connectivity index (χ0v) is 10.3. The van der Waals surface area contributed by atoms with Crippen molar-refractivity contribution in [3.05, 3.63) is 16.3 Å². The number of anilines is 1. The molecule has 15 heavy (non-hydrogen) atoms. The average Bonchev–Trinajstić information content (AvgIpc) is 2.61. The van der Waals surface area contributed by atoms with Gasteiger partial charge in [-0.25, -0.2) is 0 Å². The molecule has 1 unspecified atom stereocenters. The molecule has 0 amide bonds. The summed E-state index contributed by atoms with van der Waals surface area (Å²) in [6.45, 7) is 3.79. The van der Waals surface area contributed by atoms with Crippen LogP contribution in [-0.4, -0.2) is 19.8 Å². The molecule has 0 aliphatic heterocycles. The molecule has 3 nitrogen and oxygen atoms in total. The van der Waals surface area contributed by atoms with Gasteiger partial charge in [0.1, 0.15) is 0 Å². The van der Waals surface area contributed by atoms with E-state index in [0.717, 1.165) is 25.3 Å². The molecule has 1 aromatic rings. The Balaban J connectivity index is 2.36. The van der Waals surface area contributed by atoms with E-state index in [9.17, 15) is 0 Å². The van der Waals surface area contributed by atoms with Crippen LogP contribution in [-0.2, 0) is 11.3 Å². The zero-order chi connectivity index (χ0) is 11.1. The second-order valence-corrected chi connectivity index (χ2v) is 4.62. The third kappa shape index (κ3) is 4.20. The molecule has 4 heteroatoms. The molecule has 0 radical (unpaired) electrons. The molecule has 0 saturated heterocycles. The van der Waals surface area contributed by atoms with E-state index in [4.69, 9.17) is 10.5 Å². The van der Waals surface area contributed by atoms with Crippen LogP contribution >= 0.6 is 11.3 Å². The van der Waals surface area contributed by atoms with Gasteiger partial charge in [-0.15, -0.1) is 11.3 Å². The zero-order valence-electron chi connectivity index (χ0n) is 9.45. The Bertz CT molecular complexity index is 269. The molecule has 1 heterocycles. The molecule has 1 aromatic heterocycles. The summed E-state index contributed by atoms with van der Waals surface area (Å²) in [7, 11) is 1.74. The molecule has 0 bridgehead atoms. The van der Waals surface area contributed by atoms with Crippen molar-refractivity contribution in [2.45, 2.75) is 32.4 Å². The highest BCUT2D eigenvalue weighted by molar-refractivity contribution is 7.10. The largest absolute Gasteiger partial charge is 0.398 e. The van der Waals surface area contributed by atoms with Crippen LogP contribution in [0, 0.1) is 0 Å². The second-order valence-electron chi connectivity index (χ2n) is 3.62. The number of nitrogens with one attached hydrogen (secondary N) is 1. The van der Waals surface area contributed by atoms with E-state index in [1.54, 1.807) is 18.4 Å². The molecule has 86 valence electrons. The minimum Gasteiger partial charge on any atom is -0.398 e. The quantitative estimate of drug-likeness (QED) is 0.752. The van der Waals surface area contributed by atoms with Gasteiger partial charge in [-0.05, 0) is 17.9 Å². The van der Waals surface area contributed by atoms with E-state index >= 15 is 0 Å². The van der Waals surface area contributed by atoms with Crippen molar-refractivity contribution in [1.82, 2.24) is 5.32 Å². The summed E-state index contributed by atoms with van der Waals surface area (Å²) in [5.74, 6) is 0. The molecular weight excluding hydrogens is 208 g/mol. The van der Waals surface area contributed by atoms with E-state index in [2.05, 4.69) is 12.2 Å². The number of hydrogen-bond donors (Lipinski definition) is 2. The van der Waals surface area contributed by atoms with E-state index in [-0.39, 0.29) is 0 Å². The van der Waals surface area contributed by atoms with E-state index in [0.29, 0.717) is 6.04 Å². The van der Waals surface area contributed by atoms with Crippen molar-refractivity contribution in [2.75, 3.05) is 19.5 Å². The first-order valence-corrected chi connectivity index (χ1v) is 6.20. The lowest BCUT2D eigenvalue weighted by atomic mass is 10.2. The number of hydrogen-bond acceptors (Lipinski definition) is 4. The lowest BCUT2D eigenvalue weighted by Gasteiger charge is -2.16. The van der Waals surface area contributed by atoms with Gasteiger partial charge in [0.25, 0.3) is 0 Å². The fraction of sp³-hybridized carbons (Fsp3) is 0.636. The fourth-order valence-corrected chi connectivity index (χ4v) is 2.27. The first kappa shape index (κ1) is 12.5.